The predicted octanol–water partition coefficient (Wildman–Crippen LogP) is 1.48. The number of amides is 1. The van der Waals surface area contributed by atoms with Gasteiger partial charge in [0.25, 0.3) is 6.43 Å². The van der Waals surface area contributed by atoms with E-state index in [9.17, 15) is 13.6 Å². The summed E-state index contributed by atoms with van der Waals surface area (Å²) in [4.78, 5) is 16.9. The van der Waals surface area contributed by atoms with Crippen molar-refractivity contribution in [1.82, 2.24) is 15.1 Å². The standard InChI is InChI=1S/C17H29F2N3O2/c18-16(19)12-21-8-3-13(4-9-21)20-17(23)15-2-1-7-22(15)14-5-10-24-11-6-14/h13-16H,1-12H2,(H,20,23). The molecule has 3 heterocycles. The van der Waals surface area contributed by atoms with Crippen molar-refractivity contribution in [3.63, 3.8) is 0 Å². The number of carbonyl (C=O) groups is 1. The molecule has 7 heteroatoms. The molecule has 3 aliphatic rings. The molecular formula is C17H29F2N3O2. The average Bonchev–Trinajstić information content (AvgIpc) is 3.07. The molecule has 3 rings (SSSR count). The Balaban J connectivity index is 1.46. The number of rotatable bonds is 5. The van der Waals surface area contributed by atoms with E-state index < -0.39 is 6.43 Å². The van der Waals surface area contributed by atoms with Crippen molar-refractivity contribution in [2.45, 2.75) is 63.1 Å². The highest BCUT2D eigenvalue weighted by Crippen LogP contribution is 2.26. The van der Waals surface area contributed by atoms with Gasteiger partial charge in [0.05, 0.1) is 12.6 Å². The molecule has 0 aliphatic carbocycles. The lowest BCUT2D eigenvalue weighted by molar-refractivity contribution is -0.128. The summed E-state index contributed by atoms with van der Waals surface area (Å²) in [6, 6.07) is 0.570. The quantitative estimate of drug-likeness (QED) is 0.820. The van der Waals surface area contributed by atoms with Crippen LogP contribution in [0, 0.1) is 0 Å². The summed E-state index contributed by atoms with van der Waals surface area (Å²) in [5.41, 5.74) is 0. The molecule has 0 aromatic heterocycles. The predicted molar refractivity (Wildman–Crippen MR) is 87.2 cm³/mol. The number of halogens is 2. The molecule has 0 spiro atoms. The van der Waals surface area contributed by atoms with Crippen LogP contribution < -0.4 is 5.32 Å². The Morgan fingerprint density at radius 3 is 2.46 bits per heavy atom. The summed E-state index contributed by atoms with van der Waals surface area (Å²) in [5, 5.41) is 3.18. The van der Waals surface area contributed by atoms with Gasteiger partial charge in [-0.25, -0.2) is 8.78 Å². The maximum absolute atomic E-state index is 12.7. The first kappa shape index (κ1) is 18.0. The summed E-state index contributed by atoms with van der Waals surface area (Å²) in [5.74, 6) is 0.131. The van der Waals surface area contributed by atoms with E-state index in [0.717, 1.165) is 58.3 Å². The summed E-state index contributed by atoms with van der Waals surface area (Å²) < 4.78 is 30.3. The van der Waals surface area contributed by atoms with Crippen LogP contribution in [0.15, 0.2) is 0 Å². The highest BCUT2D eigenvalue weighted by atomic mass is 19.3. The maximum atomic E-state index is 12.7. The molecule has 3 fully saturated rings. The molecule has 1 unspecified atom stereocenters. The zero-order valence-electron chi connectivity index (χ0n) is 14.3. The Kier molecular flexibility index (Phi) is 6.41. The van der Waals surface area contributed by atoms with Gasteiger partial charge in [-0.05, 0) is 45.1 Å². The van der Waals surface area contributed by atoms with E-state index in [1.165, 1.54) is 0 Å². The maximum Gasteiger partial charge on any atom is 0.251 e. The smallest absolute Gasteiger partial charge is 0.251 e. The summed E-state index contributed by atoms with van der Waals surface area (Å²) in [6.45, 7) is 3.71. The summed E-state index contributed by atoms with van der Waals surface area (Å²) >= 11 is 0. The zero-order chi connectivity index (χ0) is 16.9. The second-order valence-electron chi connectivity index (χ2n) is 7.21. The minimum absolute atomic E-state index is 0.0211. The lowest BCUT2D eigenvalue weighted by Crippen LogP contribution is -2.53. The van der Waals surface area contributed by atoms with Gasteiger partial charge in [-0.15, -0.1) is 0 Å². The number of alkyl halides is 2. The van der Waals surface area contributed by atoms with Crippen molar-refractivity contribution in [1.29, 1.82) is 0 Å². The number of ether oxygens (including phenoxy) is 1. The van der Waals surface area contributed by atoms with Crippen molar-refractivity contribution >= 4 is 5.91 Å². The minimum Gasteiger partial charge on any atom is -0.381 e. The largest absolute Gasteiger partial charge is 0.381 e. The Hall–Kier alpha value is -0.790. The van der Waals surface area contributed by atoms with Gasteiger partial charge in [0.2, 0.25) is 5.91 Å². The number of likely N-dealkylation sites (tertiary alicyclic amines) is 2. The van der Waals surface area contributed by atoms with Crippen LogP contribution in [0.5, 0.6) is 0 Å². The lowest BCUT2D eigenvalue weighted by Gasteiger charge is -2.36. The molecule has 0 radical (unpaired) electrons. The van der Waals surface area contributed by atoms with E-state index in [1.54, 1.807) is 4.90 Å². The highest BCUT2D eigenvalue weighted by molar-refractivity contribution is 5.82. The van der Waals surface area contributed by atoms with E-state index in [0.29, 0.717) is 19.1 Å². The topological polar surface area (TPSA) is 44.8 Å². The molecule has 24 heavy (non-hydrogen) atoms. The van der Waals surface area contributed by atoms with Crippen LogP contribution >= 0.6 is 0 Å². The average molecular weight is 345 g/mol. The fourth-order valence-corrected chi connectivity index (χ4v) is 4.28. The Bertz CT molecular complexity index is 411. The van der Waals surface area contributed by atoms with Crippen LogP contribution in [-0.4, -0.2) is 79.7 Å². The van der Waals surface area contributed by atoms with Gasteiger partial charge in [0, 0.05) is 38.4 Å². The molecular weight excluding hydrogens is 316 g/mol. The molecule has 138 valence electrons. The molecule has 0 bridgehead atoms. The SMILES string of the molecule is O=C(NC1CCN(CC(F)F)CC1)C1CCCN1C1CCOCC1. The second-order valence-corrected chi connectivity index (χ2v) is 7.21. The normalized spacial score (nSPS) is 28.5. The number of carbonyl (C=O) groups excluding carboxylic acids is 1. The molecule has 0 aromatic rings. The summed E-state index contributed by atoms with van der Waals surface area (Å²) in [6.07, 6.45) is 3.27. The van der Waals surface area contributed by atoms with Crippen LogP contribution in [0.1, 0.15) is 38.5 Å². The Morgan fingerprint density at radius 2 is 1.79 bits per heavy atom. The van der Waals surface area contributed by atoms with Crippen LogP contribution in [-0.2, 0) is 9.53 Å². The van der Waals surface area contributed by atoms with E-state index in [2.05, 4.69) is 10.2 Å². The highest BCUT2D eigenvalue weighted by Gasteiger charge is 2.36. The number of hydrogen-bond acceptors (Lipinski definition) is 4. The first-order valence-corrected chi connectivity index (χ1v) is 9.28. The minimum atomic E-state index is -2.28. The van der Waals surface area contributed by atoms with Gasteiger partial charge in [0.1, 0.15) is 0 Å². The van der Waals surface area contributed by atoms with Crippen LogP contribution in [0.3, 0.4) is 0 Å². The Labute approximate surface area is 142 Å². The zero-order valence-corrected chi connectivity index (χ0v) is 14.3. The Morgan fingerprint density at radius 1 is 1.08 bits per heavy atom. The number of nitrogens with zero attached hydrogens (tertiary/aromatic N) is 2. The molecule has 3 saturated heterocycles. The molecule has 3 aliphatic heterocycles. The first-order valence-electron chi connectivity index (χ1n) is 9.28. The van der Waals surface area contributed by atoms with Crippen LogP contribution in [0.4, 0.5) is 8.78 Å². The molecule has 1 N–H and O–H groups in total. The molecule has 1 atom stereocenters. The van der Waals surface area contributed by atoms with Gasteiger partial charge < -0.3 is 10.1 Å². The van der Waals surface area contributed by atoms with E-state index in [-0.39, 0.29) is 24.5 Å². The molecule has 0 saturated carbocycles. The van der Waals surface area contributed by atoms with Gasteiger partial charge in [-0.1, -0.05) is 0 Å². The molecule has 1 amide bonds. The van der Waals surface area contributed by atoms with E-state index in [1.807, 2.05) is 0 Å². The molecule has 0 aromatic carbocycles. The third kappa shape index (κ3) is 4.64. The fraction of sp³-hybridized carbons (Fsp3) is 0.941. The van der Waals surface area contributed by atoms with E-state index in [4.69, 9.17) is 4.74 Å². The van der Waals surface area contributed by atoms with Crippen molar-refractivity contribution in [2.75, 3.05) is 39.4 Å². The second kappa shape index (κ2) is 8.54. The van der Waals surface area contributed by atoms with Crippen LogP contribution in [0.25, 0.3) is 0 Å². The first-order chi connectivity index (χ1) is 11.6. The van der Waals surface area contributed by atoms with Gasteiger partial charge in [-0.3, -0.25) is 14.6 Å². The van der Waals surface area contributed by atoms with Gasteiger partial charge >= 0.3 is 0 Å². The van der Waals surface area contributed by atoms with Crippen molar-refractivity contribution < 1.29 is 18.3 Å². The number of piperidine rings is 1. The monoisotopic (exact) mass is 345 g/mol. The van der Waals surface area contributed by atoms with Crippen molar-refractivity contribution in [3.8, 4) is 0 Å². The van der Waals surface area contributed by atoms with E-state index >= 15 is 0 Å². The van der Waals surface area contributed by atoms with Gasteiger partial charge in [0.15, 0.2) is 0 Å². The lowest BCUT2D eigenvalue weighted by atomic mass is 10.0. The van der Waals surface area contributed by atoms with Crippen molar-refractivity contribution in [2.24, 2.45) is 0 Å². The third-order valence-electron chi connectivity index (χ3n) is 5.59. The van der Waals surface area contributed by atoms with Crippen LogP contribution in [0.2, 0.25) is 0 Å². The van der Waals surface area contributed by atoms with Gasteiger partial charge in [-0.2, -0.15) is 0 Å². The fourth-order valence-electron chi connectivity index (χ4n) is 4.28. The summed E-state index contributed by atoms with van der Waals surface area (Å²) in [7, 11) is 0. The number of nitrogens with one attached hydrogen (secondary N) is 1. The molecule has 5 nitrogen and oxygen atoms in total. The number of hydrogen-bond donors (Lipinski definition) is 1. The van der Waals surface area contributed by atoms with Crippen molar-refractivity contribution in [3.05, 3.63) is 0 Å². The third-order valence-corrected chi connectivity index (χ3v) is 5.59.